The number of alkyl halides is 2. The maximum absolute atomic E-state index is 13.7. The fourth-order valence-corrected chi connectivity index (χ4v) is 6.17. The van der Waals surface area contributed by atoms with Crippen LogP contribution in [0.5, 0.6) is 0 Å². The Labute approximate surface area is 210 Å². The van der Waals surface area contributed by atoms with Gasteiger partial charge in [0.15, 0.2) is 0 Å². The van der Waals surface area contributed by atoms with Gasteiger partial charge in [-0.1, -0.05) is 18.2 Å². The highest BCUT2D eigenvalue weighted by Gasteiger charge is 2.36. The van der Waals surface area contributed by atoms with Crippen LogP contribution < -0.4 is 4.31 Å². The number of piperidine rings is 1. The van der Waals surface area contributed by atoms with Gasteiger partial charge < -0.3 is 18.8 Å². The van der Waals surface area contributed by atoms with E-state index >= 15 is 0 Å². The Balaban J connectivity index is 1.43. The second-order valence-electron chi connectivity index (χ2n) is 8.52. The van der Waals surface area contributed by atoms with Gasteiger partial charge in [0.05, 0.1) is 23.2 Å². The van der Waals surface area contributed by atoms with Crippen molar-refractivity contribution in [2.45, 2.75) is 31.1 Å². The molecule has 0 unspecified atom stereocenters. The van der Waals surface area contributed by atoms with Crippen LogP contribution in [-0.2, 0) is 16.6 Å². The highest BCUT2D eigenvalue weighted by atomic mass is 32.2. The standard InChI is InChI=1S/C23H22F2N6O5S/c24-20(25)22-28-27-21(36-22)15-6-9-30-13-16(26-19(30)12-15)14-31(17-4-2-1-3-5-17)37(34,35)18-7-10-29(11-8-18)23(32)33/h1-6,9,12-13,18,20H,7-8,10-11,14H2,(H,32,33). The summed E-state index contributed by atoms with van der Waals surface area (Å²) < 4.78 is 61.0. The number of imidazole rings is 1. The molecule has 3 aromatic heterocycles. The summed E-state index contributed by atoms with van der Waals surface area (Å²) >= 11 is 0. The lowest BCUT2D eigenvalue weighted by atomic mass is 10.1. The number of para-hydroxylation sites is 1. The molecule has 0 bridgehead atoms. The zero-order chi connectivity index (χ0) is 26.2. The molecule has 0 radical (unpaired) electrons. The van der Waals surface area contributed by atoms with Crippen molar-refractivity contribution < 1.29 is 31.5 Å². The third-order valence-corrected chi connectivity index (χ3v) is 8.44. The third-order valence-electron chi connectivity index (χ3n) is 6.18. The van der Waals surface area contributed by atoms with Crippen molar-refractivity contribution >= 4 is 27.5 Å². The summed E-state index contributed by atoms with van der Waals surface area (Å²) in [4.78, 5) is 17.0. The largest absolute Gasteiger partial charge is 0.465 e. The molecule has 1 aliphatic rings. The van der Waals surface area contributed by atoms with Gasteiger partial charge in [-0.3, -0.25) is 4.31 Å². The number of pyridine rings is 1. The van der Waals surface area contributed by atoms with Gasteiger partial charge in [-0.15, -0.1) is 10.2 Å². The number of benzene rings is 1. The van der Waals surface area contributed by atoms with Gasteiger partial charge in [-0.25, -0.2) is 18.2 Å². The molecule has 14 heteroatoms. The van der Waals surface area contributed by atoms with Gasteiger partial charge in [0, 0.05) is 31.0 Å². The van der Waals surface area contributed by atoms with E-state index in [1.165, 1.54) is 9.21 Å². The summed E-state index contributed by atoms with van der Waals surface area (Å²) in [5.74, 6) is -0.861. The second-order valence-corrected chi connectivity index (χ2v) is 10.7. The number of sulfonamides is 1. The Morgan fingerprint density at radius 2 is 1.89 bits per heavy atom. The molecular formula is C23H22F2N6O5S. The molecule has 0 atom stereocenters. The number of halogens is 2. The number of hydrogen-bond acceptors (Lipinski definition) is 7. The van der Waals surface area contributed by atoms with Crippen molar-refractivity contribution in [1.29, 1.82) is 0 Å². The number of nitrogens with zero attached hydrogens (tertiary/aromatic N) is 6. The first-order chi connectivity index (χ1) is 17.7. The van der Waals surface area contributed by atoms with Crippen LogP contribution in [0.1, 0.15) is 30.9 Å². The van der Waals surface area contributed by atoms with E-state index in [2.05, 4.69) is 15.2 Å². The number of aromatic nitrogens is 4. The average Bonchev–Trinajstić information content (AvgIpc) is 3.54. The van der Waals surface area contributed by atoms with Crippen molar-refractivity contribution in [3.63, 3.8) is 0 Å². The van der Waals surface area contributed by atoms with Gasteiger partial charge in [0.1, 0.15) is 5.65 Å². The lowest BCUT2D eigenvalue weighted by Gasteiger charge is -2.34. The predicted octanol–water partition coefficient (Wildman–Crippen LogP) is 3.80. The molecule has 0 saturated carbocycles. The number of amides is 1. The molecule has 1 N–H and O–H groups in total. The molecule has 5 rings (SSSR count). The topological polar surface area (TPSA) is 134 Å². The fraction of sp³-hybridized carbons (Fsp3) is 0.304. The number of hydrogen-bond donors (Lipinski definition) is 1. The molecular weight excluding hydrogens is 510 g/mol. The lowest BCUT2D eigenvalue weighted by molar-refractivity contribution is 0.116. The van der Waals surface area contributed by atoms with E-state index in [1.807, 2.05) is 0 Å². The van der Waals surface area contributed by atoms with Crippen molar-refractivity contribution in [3.8, 4) is 11.5 Å². The predicted molar refractivity (Wildman–Crippen MR) is 128 cm³/mol. The minimum atomic E-state index is -3.86. The molecule has 4 heterocycles. The normalized spacial score (nSPS) is 14.9. The Kier molecular flexibility index (Phi) is 6.50. The average molecular weight is 533 g/mol. The molecule has 1 saturated heterocycles. The Morgan fingerprint density at radius 3 is 2.54 bits per heavy atom. The van der Waals surface area contributed by atoms with Crippen LogP contribution >= 0.6 is 0 Å². The summed E-state index contributed by atoms with van der Waals surface area (Å²) in [6, 6.07) is 11.8. The molecule has 11 nitrogen and oxygen atoms in total. The lowest BCUT2D eigenvalue weighted by Crippen LogP contribution is -2.46. The van der Waals surface area contributed by atoms with E-state index in [0.717, 1.165) is 0 Å². The highest BCUT2D eigenvalue weighted by molar-refractivity contribution is 7.93. The molecule has 0 aliphatic carbocycles. The Hall–Kier alpha value is -4.07. The van der Waals surface area contributed by atoms with Crippen LogP contribution in [0.4, 0.5) is 19.3 Å². The SMILES string of the molecule is O=C(O)N1CCC(S(=O)(=O)N(Cc2cn3ccc(-c4nnc(C(F)F)o4)cc3n2)c2ccccc2)CC1. The summed E-state index contributed by atoms with van der Waals surface area (Å²) in [5.41, 5.74) is 1.74. The monoisotopic (exact) mass is 532 g/mol. The summed E-state index contributed by atoms with van der Waals surface area (Å²) in [7, 11) is -3.86. The quantitative estimate of drug-likeness (QED) is 0.380. The number of fused-ring (bicyclic) bond motifs is 1. The minimum absolute atomic E-state index is 0.0570. The maximum Gasteiger partial charge on any atom is 0.407 e. The van der Waals surface area contributed by atoms with Crippen molar-refractivity contribution in [2.75, 3.05) is 17.4 Å². The van der Waals surface area contributed by atoms with Crippen LogP contribution in [0.15, 0.2) is 59.3 Å². The summed E-state index contributed by atoms with van der Waals surface area (Å²) in [6.45, 7) is 0.225. The second kappa shape index (κ2) is 9.76. The van der Waals surface area contributed by atoms with Gasteiger partial charge in [0.2, 0.25) is 15.9 Å². The summed E-state index contributed by atoms with van der Waals surface area (Å²) in [5, 5.41) is 15.4. The molecule has 1 amide bonds. The Morgan fingerprint density at radius 1 is 1.16 bits per heavy atom. The van der Waals surface area contributed by atoms with Crippen molar-refractivity contribution in [1.82, 2.24) is 24.5 Å². The van der Waals surface area contributed by atoms with E-state index in [4.69, 9.17) is 4.42 Å². The molecule has 1 aliphatic heterocycles. The van der Waals surface area contributed by atoms with E-state index in [1.54, 1.807) is 59.3 Å². The third kappa shape index (κ3) is 4.96. The number of carboxylic acid groups (broad SMARTS) is 1. The van der Waals surface area contributed by atoms with Gasteiger partial charge >= 0.3 is 12.5 Å². The molecule has 194 valence electrons. The first-order valence-electron chi connectivity index (χ1n) is 11.4. The van der Waals surface area contributed by atoms with Crippen molar-refractivity contribution in [2.24, 2.45) is 0 Å². The van der Waals surface area contributed by atoms with Gasteiger partial charge in [0.25, 0.3) is 5.89 Å². The van der Waals surface area contributed by atoms with E-state index in [-0.39, 0.29) is 38.4 Å². The first kappa shape index (κ1) is 24.6. The van der Waals surface area contributed by atoms with Gasteiger partial charge in [-0.2, -0.15) is 8.78 Å². The summed E-state index contributed by atoms with van der Waals surface area (Å²) in [6.07, 6.45) is -0.253. The number of anilines is 1. The number of carbonyl (C=O) groups is 1. The number of rotatable bonds is 7. The molecule has 1 fully saturated rings. The molecule has 1 aromatic carbocycles. The van der Waals surface area contributed by atoms with Crippen molar-refractivity contribution in [3.05, 3.63) is 66.4 Å². The smallest absolute Gasteiger partial charge is 0.407 e. The first-order valence-corrected chi connectivity index (χ1v) is 12.9. The zero-order valence-corrected chi connectivity index (χ0v) is 20.1. The van der Waals surface area contributed by atoms with Crippen LogP contribution in [-0.4, -0.2) is 62.4 Å². The maximum atomic E-state index is 13.7. The van der Waals surface area contributed by atoms with E-state index in [0.29, 0.717) is 22.6 Å². The van der Waals surface area contributed by atoms with E-state index < -0.39 is 33.7 Å². The highest BCUT2D eigenvalue weighted by Crippen LogP contribution is 2.29. The number of likely N-dealkylation sites (tertiary alicyclic amines) is 1. The fourth-order valence-electron chi connectivity index (χ4n) is 4.28. The molecule has 0 spiro atoms. The zero-order valence-electron chi connectivity index (χ0n) is 19.3. The molecule has 37 heavy (non-hydrogen) atoms. The van der Waals surface area contributed by atoms with E-state index in [9.17, 15) is 27.1 Å². The van der Waals surface area contributed by atoms with Crippen LogP contribution in [0.3, 0.4) is 0 Å². The van der Waals surface area contributed by atoms with Crippen LogP contribution in [0, 0.1) is 0 Å². The van der Waals surface area contributed by atoms with Crippen LogP contribution in [0.25, 0.3) is 17.1 Å². The van der Waals surface area contributed by atoms with Crippen LogP contribution in [0.2, 0.25) is 0 Å². The van der Waals surface area contributed by atoms with Gasteiger partial charge in [-0.05, 0) is 37.1 Å². The Bertz CT molecular complexity index is 1520. The minimum Gasteiger partial charge on any atom is -0.465 e. The molecule has 4 aromatic rings.